The lowest BCUT2D eigenvalue weighted by molar-refractivity contribution is 0.0389. The molecule has 1 aromatic carbocycles. The number of nitrogens with two attached hydrogens (primary N) is 1. The molecule has 110 valence electrons. The van der Waals surface area contributed by atoms with Crippen molar-refractivity contribution >= 4 is 11.6 Å². The SMILES string of the molecule is COc1ccc(N)c(C(=O)N(C)CC2CCCOC2)c1. The summed E-state index contributed by atoms with van der Waals surface area (Å²) < 4.78 is 10.6. The number of nitrogens with zero attached hydrogens (tertiary/aromatic N) is 1. The lowest BCUT2D eigenvalue weighted by Crippen LogP contribution is -2.35. The summed E-state index contributed by atoms with van der Waals surface area (Å²) in [6, 6.07) is 5.14. The fraction of sp³-hybridized carbons (Fsp3) is 0.533. The minimum atomic E-state index is -0.0769. The van der Waals surface area contributed by atoms with Crippen LogP contribution in [0.5, 0.6) is 5.75 Å². The minimum Gasteiger partial charge on any atom is -0.497 e. The molecule has 0 bridgehead atoms. The van der Waals surface area contributed by atoms with Crippen molar-refractivity contribution in [2.45, 2.75) is 12.8 Å². The Hall–Kier alpha value is -1.75. The average Bonchev–Trinajstić information content (AvgIpc) is 2.48. The highest BCUT2D eigenvalue weighted by atomic mass is 16.5. The minimum absolute atomic E-state index is 0.0769. The second-order valence-electron chi connectivity index (χ2n) is 5.22. The Labute approximate surface area is 119 Å². The fourth-order valence-corrected chi connectivity index (χ4v) is 2.47. The smallest absolute Gasteiger partial charge is 0.255 e. The Morgan fingerprint density at radius 1 is 1.55 bits per heavy atom. The van der Waals surface area contributed by atoms with Crippen molar-refractivity contribution in [2.75, 3.05) is 39.6 Å². The molecule has 0 aromatic heterocycles. The first-order chi connectivity index (χ1) is 9.61. The topological polar surface area (TPSA) is 64.8 Å². The number of carbonyl (C=O) groups is 1. The highest BCUT2D eigenvalue weighted by Gasteiger charge is 2.21. The number of methoxy groups -OCH3 is 1. The molecule has 0 saturated carbocycles. The first-order valence-electron chi connectivity index (χ1n) is 6.88. The largest absolute Gasteiger partial charge is 0.497 e. The van der Waals surface area contributed by atoms with E-state index in [0.717, 1.165) is 26.1 Å². The molecule has 1 unspecified atom stereocenters. The summed E-state index contributed by atoms with van der Waals surface area (Å²) in [5.74, 6) is 0.966. The van der Waals surface area contributed by atoms with Crippen LogP contribution >= 0.6 is 0 Å². The molecule has 0 radical (unpaired) electrons. The van der Waals surface area contributed by atoms with Crippen LogP contribution in [0.4, 0.5) is 5.69 Å². The standard InChI is InChI=1S/C15H22N2O3/c1-17(9-11-4-3-7-20-10-11)15(18)13-8-12(19-2)5-6-14(13)16/h5-6,8,11H,3-4,7,9-10,16H2,1-2H3. The van der Waals surface area contributed by atoms with Crippen molar-refractivity contribution in [3.8, 4) is 5.75 Å². The molecule has 2 N–H and O–H groups in total. The third kappa shape index (κ3) is 3.42. The first-order valence-corrected chi connectivity index (χ1v) is 6.88. The van der Waals surface area contributed by atoms with Crippen LogP contribution in [0.15, 0.2) is 18.2 Å². The van der Waals surface area contributed by atoms with Gasteiger partial charge in [-0.2, -0.15) is 0 Å². The van der Waals surface area contributed by atoms with Gasteiger partial charge in [-0.3, -0.25) is 4.79 Å². The molecule has 1 heterocycles. The molecule has 5 heteroatoms. The van der Waals surface area contributed by atoms with E-state index in [2.05, 4.69) is 0 Å². The molecular formula is C15H22N2O3. The molecule has 0 spiro atoms. The normalized spacial score (nSPS) is 18.6. The van der Waals surface area contributed by atoms with Gasteiger partial charge >= 0.3 is 0 Å². The van der Waals surface area contributed by atoms with Crippen LogP contribution in [0.3, 0.4) is 0 Å². The monoisotopic (exact) mass is 278 g/mol. The Morgan fingerprint density at radius 3 is 3.00 bits per heavy atom. The highest BCUT2D eigenvalue weighted by molar-refractivity contribution is 5.99. The number of rotatable bonds is 4. The van der Waals surface area contributed by atoms with Crippen molar-refractivity contribution in [1.29, 1.82) is 0 Å². The number of carbonyl (C=O) groups excluding carboxylic acids is 1. The summed E-state index contributed by atoms with van der Waals surface area (Å²) in [7, 11) is 3.37. The predicted octanol–water partition coefficient (Wildman–Crippen LogP) is 1.78. The van der Waals surface area contributed by atoms with E-state index in [1.165, 1.54) is 0 Å². The molecule has 1 saturated heterocycles. The maximum Gasteiger partial charge on any atom is 0.255 e. The van der Waals surface area contributed by atoms with Crippen molar-refractivity contribution < 1.29 is 14.3 Å². The summed E-state index contributed by atoms with van der Waals surface area (Å²) in [5.41, 5.74) is 6.85. The van der Waals surface area contributed by atoms with Gasteiger partial charge in [-0.15, -0.1) is 0 Å². The van der Waals surface area contributed by atoms with Crippen molar-refractivity contribution in [3.05, 3.63) is 23.8 Å². The Bertz CT molecular complexity index is 470. The van der Waals surface area contributed by atoms with E-state index in [-0.39, 0.29) is 5.91 Å². The quantitative estimate of drug-likeness (QED) is 0.853. The van der Waals surface area contributed by atoms with E-state index in [0.29, 0.717) is 29.5 Å². The van der Waals surface area contributed by atoms with Crippen LogP contribution in [-0.2, 0) is 4.74 Å². The van der Waals surface area contributed by atoms with Gasteiger partial charge < -0.3 is 20.1 Å². The van der Waals surface area contributed by atoms with Crippen molar-refractivity contribution in [1.82, 2.24) is 4.90 Å². The second-order valence-corrected chi connectivity index (χ2v) is 5.22. The molecule has 1 aromatic rings. The summed E-state index contributed by atoms with van der Waals surface area (Å²) >= 11 is 0. The van der Waals surface area contributed by atoms with E-state index in [1.807, 2.05) is 0 Å². The van der Waals surface area contributed by atoms with Gasteiger partial charge in [0.1, 0.15) is 5.75 Å². The molecule has 1 atom stereocenters. The Kier molecular flexibility index (Phi) is 4.84. The third-order valence-electron chi connectivity index (χ3n) is 3.62. The van der Waals surface area contributed by atoms with Gasteiger partial charge in [-0.25, -0.2) is 0 Å². The van der Waals surface area contributed by atoms with E-state index in [4.69, 9.17) is 15.2 Å². The van der Waals surface area contributed by atoms with E-state index in [1.54, 1.807) is 37.3 Å². The lowest BCUT2D eigenvalue weighted by atomic mass is 10.0. The molecule has 1 aliphatic rings. The average molecular weight is 278 g/mol. The van der Waals surface area contributed by atoms with E-state index >= 15 is 0 Å². The molecule has 2 rings (SSSR count). The Balaban J connectivity index is 2.05. The van der Waals surface area contributed by atoms with E-state index < -0.39 is 0 Å². The maximum absolute atomic E-state index is 12.5. The summed E-state index contributed by atoms with van der Waals surface area (Å²) in [6.07, 6.45) is 2.17. The van der Waals surface area contributed by atoms with Gasteiger partial charge in [0, 0.05) is 25.9 Å². The van der Waals surface area contributed by atoms with Crippen LogP contribution in [0.2, 0.25) is 0 Å². The highest BCUT2D eigenvalue weighted by Crippen LogP contribution is 2.22. The van der Waals surface area contributed by atoms with E-state index in [9.17, 15) is 4.79 Å². The van der Waals surface area contributed by atoms with Crippen molar-refractivity contribution in [3.63, 3.8) is 0 Å². The number of hydrogen-bond acceptors (Lipinski definition) is 4. The third-order valence-corrected chi connectivity index (χ3v) is 3.62. The van der Waals surface area contributed by atoms with Crippen LogP contribution in [0.25, 0.3) is 0 Å². The number of ether oxygens (including phenoxy) is 2. The van der Waals surface area contributed by atoms with Gasteiger partial charge in [0.05, 0.1) is 19.3 Å². The van der Waals surface area contributed by atoms with Crippen molar-refractivity contribution in [2.24, 2.45) is 5.92 Å². The van der Waals surface area contributed by atoms with Gasteiger partial charge in [0.15, 0.2) is 0 Å². The first kappa shape index (κ1) is 14.7. The van der Waals surface area contributed by atoms with Gasteiger partial charge in [-0.1, -0.05) is 0 Å². The second kappa shape index (κ2) is 6.61. The summed E-state index contributed by atoms with van der Waals surface area (Å²) in [4.78, 5) is 14.2. The Morgan fingerprint density at radius 2 is 2.35 bits per heavy atom. The number of benzene rings is 1. The molecule has 20 heavy (non-hydrogen) atoms. The molecule has 5 nitrogen and oxygen atoms in total. The summed E-state index contributed by atoms with van der Waals surface area (Å²) in [6.45, 7) is 2.25. The molecule has 1 fully saturated rings. The zero-order valence-corrected chi connectivity index (χ0v) is 12.1. The zero-order valence-electron chi connectivity index (χ0n) is 12.1. The number of nitrogen functional groups attached to an aromatic ring is 1. The van der Waals surface area contributed by atoms with Crippen LogP contribution < -0.4 is 10.5 Å². The fourth-order valence-electron chi connectivity index (χ4n) is 2.47. The van der Waals surface area contributed by atoms with Gasteiger partial charge in [0.2, 0.25) is 0 Å². The zero-order chi connectivity index (χ0) is 14.5. The maximum atomic E-state index is 12.5. The van der Waals surface area contributed by atoms with Crippen LogP contribution in [0, 0.1) is 5.92 Å². The van der Waals surface area contributed by atoms with Gasteiger partial charge in [-0.05, 0) is 37.0 Å². The van der Waals surface area contributed by atoms with Gasteiger partial charge in [0.25, 0.3) is 5.91 Å². The molecule has 1 amide bonds. The van der Waals surface area contributed by atoms with Crippen LogP contribution in [-0.4, -0.2) is 44.7 Å². The molecule has 1 aliphatic heterocycles. The van der Waals surface area contributed by atoms with Crippen LogP contribution in [0.1, 0.15) is 23.2 Å². The number of amides is 1. The molecule has 0 aliphatic carbocycles. The summed E-state index contributed by atoms with van der Waals surface area (Å²) in [5, 5.41) is 0. The number of hydrogen-bond donors (Lipinski definition) is 1. The predicted molar refractivity (Wildman–Crippen MR) is 77.9 cm³/mol. The lowest BCUT2D eigenvalue weighted by Gasteiger charge is -2.27. The molecular weight excluding hydrogens is 256 g/mol. The number of anilines is 1.